The highest BCUT2D eigenvalue weighted by molar-refractivity contribution is 6.30. The summed E-state index contributed by atoms with van der Waals surface area (Å²) in [6.07, 6.45) is 3.63. The van der Waals surface area contributed by atoms with Gasteiger partial charge in [0.2, 0.25) is 0 Å². The highest BCUT2D eigenvalue weighted by Gasteiger charge is 2.29. The molecule has 0 saturated heterocycles. The molecule has 1 aromatic carbocycles. The van der Waals surface area contributed by atoms with E-state index in [0.717, 1.165) is 6.54 Å². The average Bonchev–Trinajstić information content (AvgIpc) is 2.29. The van der Waals surface area contributed by atoms with Gasteiger partial charge in [0.1, 0.15) is 5.82 Å². The molecule has 0 spiro atoms. The lowest BCUT2D eigenvalue weighted by molar-refractivity contribution is 0.0885. The number of nitrogens with zero attached hydrogens (tertiary/aromatic N) is 1. The summed E-state index contributed by atoms with van der Waals surface area (Å²) in [6.45, 7) is 3.43. The van der Waals surface area contributed by atoms with Gasteiger partial charge in [-0.05, 0) is 25.8 Å². The summed E-state index contributed by atoms with van der Waals surface area (Å²) in [6, 6.07) is 5.77. The van der Waals surface area contributed by atoms with Gasteiger partial charge in [0.25, 0.3) is 0 Å². The van der Waals surface area contributed by atoms with Crippen molar-refractivity contribution in [2.75, 3.05) is 13.1 Å². The van der Waals surface area contributed by atoms with Gasteiger partial charge < -0.3 is 5.73 Å². The number of rotatable bonds is 5. The number of hydrogen-bond donors (Lipinski definition) is 1. The number of benzene rings is 1. The van der Waals surface area contributed by atoms with Crippen molar-refractivity contribution in [3.63, 3.8) is 0 Å². The molecule has 2 N–H and O–H groups in total. The summed E-state index contributed by atoms with van der Waals surface area (Å²) in [5.41, 5.74) is 6.34. The van der Waals surface area contributed by atoms with Gasteiger partial charge in [-0.2, -0.15) is 0 Å². The zero-order valence-electron chi connectivity index (χ0n) is 10.7. The fourth-order valence-electron chi connectivity index (χ4n) is 2.58. The number of hydrogen-bond acceptors (Lipinski definition) is 2. The molecule has 0 aromatic heterocycles. The minimum atomic E-state index is -0.298. The second-order valence-electron chi connectivity index (χ2n) is 4.93. The Bertz CT molecular complexity index is 407. The molecule has 4 heteroatoms. The zero-order valence-corrected chi connectivity index (χ0v) is 11.5. The minimum Gasteiger partial charge on any atom is -0.329 e. The summed E-state index contributed by atoms with van der Waals surface area (Å²) < 4.78 is 14.0. The number of halogens is 2. The van der Waals surface area contributed by atoms with E-state index in [0.29, 0.717) is 18.2 Å². The summed E-state index contributed by atoms with van der Waals surface area (Å²) in [7, 11) is 0. The molecule has 1 atom stereocenters. The first-order valence-electron chi connectivity index (χ1n) is 6.55. The second-order valence-corrected chi connectivity index (χ2v) is 5.34. The van der Waals surface area contributed by atoms with Crippen LogP contribution in [-0.4, -0.2) is 24.0 Å². The van der Waals surface area contributed by atoms with Crippen LogP contribution in [0.2, 0.25) is 5.02 Å². The van der Waals surface area contributed by atoms with E-state index < -0.39 is 0 Å². The van der Waals surface area contributed by atoms with Gasteiger partial charge >= 0.3 is 0 Å². The van der Waals surface area contributed by atoms with Crippen molar-refractivity contribution < 1.29 is 4.39 Å². The van der Waals surface area contributed by atoms with Crippen LogP contribution in [0.1, 0.15) is 37.8 Å². The summed E-state index contributed by atoms with van der Waals surface area (Å²) in [4.78, 5) is 2.30. The maximum absolute atomic E-state index is 14.0. The molecule has 1 aliphatic rings. The molecule has 18 heavy (non-hydrogen) atoms. The quantitative estimate of drug-likeness (QED) is 0.889. The van der Waals surface area contributed by atoms with E-state index in [-0.39, 0.29) is 16.9 Å². The average molecular weight is 271 g/mol. The number of nitrogens with two attached hydrogens (primary N) is 1. The Hall–Kier alpha value is -0.640. The van der Waals surface area contributed by atoms with Crippen molar-refractivity contribution in [2.45, 2.75) is 38.3 Å². The molecule has 1 fully saturated rings. The maximum atomic E-state index is 14.0. The minimum absolute atomic E-state index is 0.0255. The normalized spacial score (nSPS) is 17.8. The molecule has 1 aliphatic carbocycles. The highest BCUT2D eigenvalue weighted by Crippen LogP contribution is 2.33. The van der Waals surface area contributed by atoms with Crippen molar-refractivity contribution in [3.8, 4) is 0 Å². The Labute approximate surface area is 113 Å². The molecule has 0 radical (unpaired) electrons. The SMILES string of the molecule is CC(c1cccc(Cl)c1F)N(CCN)C1CCC1. The monoisotopic (exact) mass is 270 g/mol. The van der Waals surface area contributed by atoms with Crippen LogP contribution in [0, 0.1) is 5.82 Å². The van der Waals surface area contributed by atoms with E-state index in [1.807, 2.05) is 13.0 Å². The molecule has 2 nitrogen and oxygen atoms in total. The lowest BCUT2D eigenvalue weighted by atomic mass is 9.89. The van der Waals surface area contributed by atoms with Crippen LogP contribution in [0.4, 0.5) is 4.39 Å². The Morgan fingerprint density at radius 2 is 2.22 bits per heavy atom. The molecular weight excluding hydrogens is 251 g/mol. The molecule has 0 amide bonds. The Morgan fingerprint density at radius 3 is 2.78 bits per heavy atom. The van der Waals surface area contributed by atoms with Gasteiger partial charge in [0.05, 0.1) is 5.02 Å². The third-order valence-electron chi connectivity index (χ3n) is 3.86. The summed E-state index contributed by atoms with van der Waals surface area (Å²) in [5, 5.41) is 0.195. The van der Waals surface area contributed by atoms with Crippen LogP contribution in [0.15, 0.2) is 18.2 Å². The second kappa shape index (κ2) is 6.00. The lowest BCUT2D eigenvalue weighted by Gasteiger charge is -2.41. The fraction of sp³-hybridized carbons (Fsp3) is 0.571. The highest BCUT2D eigenvalue weighted by atomic mass is 35.5. The first-order chi connectivity index (χ1) is 8.65. The molecule has 1 saturated carbocycles. The Balaban J connectivity index is 2.21. The molecule has 100 valence electrons. The summed E-state index contributed by atoms with van der Waals surface area (Å²) in [5.74, 6) is -0.298. The third-order valence-corrected chi connectivity index (χ3v) is 4.15. The van der Waals surface area contributed by atoms with Crippen molar-refractivity contribution in [2.24, 2.45) is 5.73 Å². The van der Waals surface area contributed by atoms with E-state index in [4.69, 9.17) is 17.3 Å². The van der Waals surface area contributed by atoms with Gasteiger partial charge in [0.15, 0.2) is 0 Å². The van der Waals surface area contributed by atoms with E-state index in [1.54, 1.807) is 12.1 Å². The maximum Gasteiger partial charge on any atom is 0.146 e. The van der Waals surface area contributed by atoms with Crippen LogP contribution in [-0.2, 0) is 0 Å². The predicted molar refractivity (Wildman–Crippen MR) is 73.2 cm³/mol. The van der Waals surface area contributed by atoms with Gasteiger partial charge in [-0.15, -0.1) is 0 Å². The molecule has 1 unspecified atom stereocenters. The fourth-order valence-corrected chi connectivity index (χ4v) is 2.76. The Kier molecular flexibility index (Phi) is 4.60. The van der Waals surface area contributed by atoms with Crippen LogP contribution in [0.25, 0.3) is 0 Å². The molecule has 0 heterocycles. The molecule has 2 rings (SSSR count). The van der Waals surface area contributed by atoms with Crippen molar-refractivity contribution in [3.05, 3.63) is 34.6 Å². The van der Waals surface area contributed by atoms with E-state index in [9.17, 15) is 4.39 Å². The van der Waals surface area contributed by atoms with E-state index in [2.05, 4.69) is 4.90 Å². The van der Waals surface area contributed by atoms with Gasteiger partial charge in [-0.25, -0.2) is 4.39 Å². The molecule has 0 bridgehead atoms. The standard InChI is InChI=1S/C14H20ClFN2/c1-10(12-6-3-7-13(15)14(12)16)18(9-8-17)11-4-2-5-11/h3,6-7,10-11H,2,4-5,8-9,17H2,1H3. The van der Waals surface area contributed by atoms with Gasteiger partial charge in [-0.3, -0.25) is 4.90 Å². The lowest BCUT2D eigenvalue weighted by Crippen LogP contribution is -2.44. The predicted octanol–water partition coefficient (Wildman–Crippen LogP) is 3.35. The van der Waals surface area contributed by atoms with E-state index >= 15 is 0 Å². The third kappa shape index (κ3) is 2.68. The van der Waals surface area contributed by atoms with Crippen LogP contribution in [0.3, 0.4) is 0 Å². The van der Waals surface area contributed by atoms with Crippen LogP contribution in [0.5, 0.6) is 0 Å². The molecule has 1 aromatic rings. The van der Waals surface area contributed by atoms with Gasteiger partial charge in [0, 0.05) is 30.7 Å². The van der Waals surface area contributed by atoms with Crippen LogP contribution >= 0.6 is 11.6 Å². The topological polar surface area (TPSA) is 29.3 Å². The van der Waals surface area contributed by atoms with E-state index in [1.165, 1.54) is 19.3 Å². The molecular formula is C14H20ClFN2. The molecule has 0 aliphatic heterocycles. The van der Waals surface area contributed by atoms with Crippen molar-refractivity contribution >= 4 is 11.6 Å². The van der Waals surface area contributed by atoms with Crippen molar-refractivity contribution in [1.29, 1.82) is 0 Å². The first-order valence-corrected chi connectivity index (χ1v) is 6.92. The first kappa shape index (κ1) is 13.8. The van der Waals surface area contributed by atoms with Gasteiger partial charge in [-0.1, -0.05) is 30.2 Å². The van der Waals surface area contributed by atoms with Crippen LogP contribution < -0.4 is 5.73 Å². The van der Waals surface area contributed by atoms with Crippen molar-refractivity contribution in [1.82, 2.24) is 4.90 Å². The smallest absolute Gasteiger partial charge is 0.146 e. The summed E-state index contributed by atoms with van der Waals surface area (Å²) >= 11 is 5.85. The Morgan fingerprint density at radius 1 is 1.50 bits per heavy atom. The largest absolute Gasteiger partial charge is 0.329 e. The zero-order chi connectivity index (χ0) is 13.1.